The van der Waals surface area contributed by atoms with Crippen LogP contribution in [-0.4, -0.2) is 5.78 Å². The van der Waals surface area contributed by atoms with Crippen molar-refractivity contribution in [1.82, 2.24) is 0 Å². The molecule has 1 nitrogen and oxygen atoms in total. The predicted octanol–water partition coefficient (Wildman–Crippen LogP) is 5.34. The van der Waals surface area contributed by atoms with Crippen LogP contribution in [0.5, 0.6) is 0 Å². The van der Waals surface area contributed by atoms with Gasteiger partial charge in [-0.2, -0.15) is 0 Å². The van der Waals surface area contributed by atoms with Crippen molar-refractivity contribution < 1.29 is 4.79 Å². The molecule has 0 aliphatic carbocycles. The first-order chi connectivity index (χ1) is 10.1. The van der Waals surface area contributed by atoms with Gasteiger partial charge in [-0.25, -0.2) is 0 Å². The quantitative estimate of drug-likeness (QED) is 0.583. The van der Waals surface area contributed by atoms with Gasteiger partial charge in [-0.15, -0.1) is 0 Å². The second kappa shape index (κ2) is 5.34. The van der Waals surface area contributed by atoms with Gasteiger partial charge >= 0.3 is 0 Å². The van der Waals surface area contributed by atoms with Gasteiger partial charge in [-0.3, -0.25) is 4.79 Å². The first kappa shape index (κ1) is 13.8. The summed E-state index contributed by atoms with van der Waals surface area (Å²) in [6.07, 6.45) is 0. The van der Waals surface area contributed by atoms with Gasteiger partial charge in [0.05, 0.1) is 0 Å². The molecule has 0 bridgehead atoms. The van der Waals surface area contributed by atoms with E-state index in [4.69, 9.17) is 11.6 Å². The summed E-state index contributed by atoms with van der Waals surface area (Å²) >= 11 is 6.10. The van der Waals surface area contributed by atoms with E-state index in [-0.39, 0.29) is 5.78 Å². The highest BCUT2D eigenvalue weighted by Crippen LogP contribution is 2.24. The Bertz CT molecular complexity index is 849. The number of hydrogen-bond donors (Lipinski definition) is 0. The van der Waals surface area contributed by atoms with E-state index in [9.17, 15) is 4.79 Å². The average molecular weight is 295 g/mol. The van der Waals surface area contributed by atoms with Crippen molar-refractivity contribution in [2.45, 2.75) is 13.8 Å². The molecular formula is C19H15ClO. The van der Waals surface area contributed by atoms with Crippen LogP contribution < -0.4 is 0 Å². The standard InChI is InChI=1S/C19H15ClO/c1-12-10-18(20)13(2)9-17(12)19(21)16-8-7-14-5-3-4-6-15(14)11-16/h3-11H,1-2H3. The fourth-order valence-electron chi connectivity index (χ4n) is 2.51. The molecule has 0 unspecified atom stereocenters. The molecule has 0 atom stereocenters. The molecule has 0 spiro atoms. The fourth-order valence-corrected chi connectivity index (χ4v) is 2.73. The Morgan fingerprint density at radius 1 is 0.857 bits per heavy atom. The fraction of sp³-hybridized carbons (Fsp3) is 0.105. The zero-order valence-corrected chi connectivity index (χ0v) is 12.7. The van der Waals surface area contributed by atoms with Gasteiger partial charge in [-0.1, -0.05) is 48.0 Å². The summed E-state index contributed by atoms with van der Waals surface area (Å²) < 4.78 is 0. The topological polar surface area (TPSA) is 17.1 Å². The minimum absolute atomic E-state index is 0.0398. The minimum Gasteiger partial charge on any atom is -0.289 e. The molecule has 3 rings (SSSR count). The highest BCUT2D eigenvalue weighted by molar-refractivity contribution is 6.31. The Morgan fingerprint density at radius 3 is 2.33 bits per heavy atom. The molecule has 21 heavy (non-hydrogen) atoms. The molecule has 0 heterocycles. The zero-order valence-electron chi connectivity index (χ0n) is 12.0. The zero-order chi connectivity index (χ0) is 15.0. The van der Waals surface area contributed by atoms with Crippen molar-refractivity contribution in [3.8, 4) is 0 Å². The first-order valence-corrected chi connectivity index (χ1v) is 7.24. The van der Waals surface area contributed by atoms with Crippen LogP contribution in [0.25, 0.3) is 10.8 Å². The molecule has 104 valence electrons. The molecule has 0 N–H and O–H groups in total. The summed E-state index contributed by atoms with van der Waals surface area (Å²) in [4.78, 5) is 12.7. The molecule has 3 aromatic carbocycles. The van der Waals surface area contributed by atoms with E-state index in [2.05, 4.69) is 0 Å². The van der Waals surface area contributed by atoms with Crippen molar-refractivity contribution in [3.63, 3.8) is 0 Å². The van der Waals surface area contributed by atoms with Crippen molar-refractivity contribution >= 4 is 28.2 Å². The van der Waals surface area contributed by atoms with E-state index in [0.29, 0.717) is 16.1 Å². The number of ketones is 1. The van der Waals surface area contributed by atoms with E-state index in [1.165, 1.54) is 0 Å². The highest BCUT2D eigenvalue weighted by Gasteiger charge is 2.13. The van der Waals surface area contributed by atoms with Crippen molar-refractivity contribution in [2.24, 2.45) is 0 Å². The number of aryl methyl sites for hydroxylation is 2. The number of rotatable bonds is 2. The Labute approximate surface area is 129 Å². The van der Waals surface area contributed by atoms with E-state index < -0.39 is 0 Å². The summed E-state index contributed by atoms with van der Waals surface area (Å²) in [7, 11) is 0. The lowest BCUT2D eigenvalue weighted by Gasteiger charge is -2.09. The van der Waals surface area contributed by atoms with Gasteiger partial charge in [0.15, 0.2) is 5.78 Å². The number of carbonyl (C=O) groups excluding carboxylic acids is 1. The van der Waals surface area contributed by atoms with Gasteiger partial charge < -0.3 is 0 Å². The van der Waals surface area contributed by atoms with Gasteiger partial charge in [0.1, 0.15) is 0 Å². The Kier molecular flexibility index (Phi) is 3.52. The molecule has 2 heteroatoms. The SMILES string of the molecule is Cc1cc(C(=O)c2ccc3ccccc3c2)c(C)cc1Cl. The Hall–Kier alpha value is -2.12. The van der Waals surface area contributed by atoms with Gasteiger partial charge in [-0.05, 0) is 53.9 Å². The second-order valence-electron chi connectivity index (χ2n) is 5.31. The maximum Gasteiger partial charge on any atom is 0.193 e. The van der Waals surface area contributed by atoms with E-state index in [0.717, 1.165) is 21.9 Å². The summed E-state index contributed by atoms with van der Waals surface area (Å²) in [5, 5.41) is 2.91. The second-order valence-corrected chi connectivity index (χ2v) is 5.71. The number of hydrogen-bond acceptors (Lipinski definition) is 1. The summed E-state index contributed by atoms with van der Waals surface area (Å²) in [5.41, 5.74) is 3.25. The third-order valence-electron chi connectivity index (χ3n) is 3.76. The number of fused-ring (bicyclic) bond motifs is 1. The lowest BCUT2D eigenvalue weighted by Crippen LogP contribution is -2.04. The maximum absolute atomic E-state index is 12.7. The van der Waals surface area contributed by atoms with E-state index in [1.807, 2.05) is 68.4 Å². The molecule has 0 aliphatic heterocycles. The van der Waals surface area contributed by atoms with Crippen LogP contribution in [0.4, 0.5) is 0 Å². The molecule has 0 aliphatic rings. The molecule has 3 aromatic rings. The molecule has 0 amide bonds. The monoisotopic (exact) mass is 294 g/mol. The third-order valence-corrected chi connectivity index (χ3v) is 4.17. The Morgan fingerprint density at radius 2 is 1.57 bits per heavy atom. The van der Waals surface area contributed by atoms with Crippen LogP contribution >= 0.6 is 11.6 Å². The van der Waals surface area contributed by atoms with E-state index in [1.54, 1.807) is 0 Å². The van der Waals surface area contributed by atoms with Gasteiger partial charge in [0.25, 0.3) is 0 Å². The summed E-state index contributed by atoms with van der Waals surface area (Å²) in [6, 6.07) is 17.6. The van der Waals surface area contributed by atoms with Crippen LogP contribution in [0.15, 0.2) is 54.6 Å². The highest BCUT2D eigenvalue weighted by atomic mass is 35.5. The number of halogens is 1. The predicted molar refractivity (Wildman–Crippen MR) is 88.3 cm³/mol. The first-order valence-electron chi connectivity index (χ1n) is 6.86. The van der Waals surface area contributed by atoms with Crippen LogP contribution in [-0.2, 0) is 0 Å². The molecule has 0 radical (unpaired) electrons. The molecule has 0 saturated heterocycles. The Balaban J connectivity index is 2.10. The van der Waals surface area contributed by atoms with Crippen LogP contribution in [0.2, 0.25) is 5.02 Å². The maximum atomic E-state index is 12.7. The van der Waals surface area contributed by atoms with Crippen molar-refractivity contribution in [3.05, 3.63) is 81.9 Å². The molecule has 0 saturated carbocycles. The van der Waals surface area contributed by atoms with Gasteiger partial charge in [0.2, 0.25) is 0 Å². The lowest BCUT2D eigenvalue weighted by molar-refractivity contribution is 0.103. The van der Waals surface area contributed by atoms with Crippen molar-refractivity contribution in [2.75, 3.05) is 0 Å². The van der Waals surface area contributed by atoms with Gasteiger partial charge in [0, 0.05) is 16.1 Å². The summed E-state index contributed by atoms with van der Waals surface area (Å²) in [5.74, 6) is 0.0398. The van der Waals surface area contributed by atoms with Crippen LogP contribution in [0.1, 0.15) is 27.0 Å². The smallest absolute Gasteiger partial charge is 0.193 e. The number of benzene rings is 3. The van der Waals surface area contributed by atoms with E-state index >= 15 is 0 Å². The van der Waals surface area contributed by atoms with Crippen molar-refractivity contribution in [1.29, 1.82) is 0 Å². The largest absolute Gasteiger partial charge is 0.289 e. The van der Waals surface area contributed by atoms with Crippen LogP contribution in [0.3, 0.4) is 0 Å². The normalized spacial score (nSPS) is 10.8. The molecular weight excluding hydrogens is 280 g/mol. The lowest BCUT2D eigenvalue weighted by atomic mass is 9.96. The minimum atomic E-state index is 0.0398. The third kappa shape index (κ3) is 2.57. The number of carbonyl (C=O) groups is 1. The average Bonchev–Trinajstić information content (AvgIpc) is 2.50. The van der Waals surface area contributed by atoms with Crippen LogP contribution in [0, 0.1) is 13.8 Å². The molecule has 0 aromatic heterocycles. The summed E-state index contributed by atoms with van der Waals surface area (Å²) in [6.45, 7) is 3.83. The molecule has 0 fully saturated rings.